The molecule has 21 heavy (non-hydrogen) atoms. The Bertz CT molecular complexity index is 690. The number of amides is 3. The molecule has 2 aromatic rings. The van der Waals surface area contributed by atoms with Gasteiger partial charge in [-0.3, -0.25) is 19.7 Å². The lowest BCUT2D eigenvalue weighted by atomic mass is 10.1. The summed E-state index contributed by atoms with van der Waals surface area (Å²) in [6.45, 7) is 6.36. The zero-order valence-corrected chi connectivity index (χ0v) is 12.8. The predicted octanol–water partition coefficient (Wildman–Crippen LogP) is 2.35. The topological polar surface area (TPSA) is 67.2 Å². The fraction of sp³-hybridized carbons (Fsp3) is 0.400. The second-order valence-electron chi connectivity index (χ2n) is 4.72. The van der Waals surface area contributed by atoms with Crippen molar-refractivity contribution >= 4 is 28.7 Å². The van der Waals surface area contributed by atoms with Gasteiger partial charge in [0.05, 0.1) is 5.52 Å². The van der Waals surface area contributed by atoms with Gasteiger partial charge in [0.2, 0.25) is 5.91 Å². The van der Waals surface area contributed by atoms with Gasteiger partial charge in [-0.05, 0) is 19.1 Å². The minimum absolute atomic E-state index is 0.238. The summed E-state index contributed by atoms with van der Waals surface area (Å²) in [4.78, 5) is 24.6. The molecule has 2 heterocycles. The third kappa shape index (κ3) is 2.74. The number of imide groups is 1. The highest BCUT2D eigenvalue weighted by Gasteiger charge is 2.27. The molecule has 112 valence electrons. The van der Waals surface area contributed by atoms with E-state index in [2.05, 4.69) is 10.4 Å². The Hall–Kier alpha value is -2.37. The van der Waals surface area contributed by atoms with Crippen molar-refractivity contribution in [2.75, 3.05) is 11.4 Å². The Morgan fingerprint density at radius 2 is 1.95 bits per heavy atom. The van der Waals surface area contributed by atoms with Crippen LogP contribution in [0.3, 0.4) is 0 Å². The van der Waals surface area contributed by atoms with Crippen LogP contribution in [0.2, 0.25) is 0 Å². The minimum atomic E-state index is -0.405. The molecule has 1 aromatic carbocycles. The molecule has 1 saturated heterocycles. The molecule has 6 nitrogen and oxygen atoms in total. The van der Waals surface area contributed by atoms with Gasteiger partial charge in [0.25, 0.3) is 0 Å². The van der Waals surface area contributed by atoms with Gasteiger partial charge in [-0.2, -0.15) is 5.10 Å². The quantitative estimate of drug-likeness (QED) is 0.876. The van der Waals surface area contributed by atoms with Crippen molar-refractivity contribution in [2.45, 2.75) is 27.2 Å². The Labute approximate surface area is 123 Å². The standard InChI is InChI=1S/C13H14N4O2.C2H6/c1-8-3-4-10-9(7-8)12(15-16(10)2)17-6-5-11(18)14-13(17)19;1-2/h3-4,7H,5-6H2,1-2H3,(H,14,18,19);1-2H3. The Morgan fingerprint density at radius 1 is 1.24 bits per heavy atom. The number of hydrogen-bond acceptors (Lipinski definition) is 3. The number of carbonyl (C=O) groups excluding carboxylic acids is 2. The Morgan fingerprint density at radius 3 is 2.62 bits per heavy atom. The van der Waals surface area contributed by atoms with Crippen LogP contribution in [0, 0.1) is 6.92 Å². The van der Waals surface area contributed by atoms with E-state index < -0.39 is 6.03 Å². The first-order valence-electron chi connectivity index (χ1n) is 7.11. The van der Waals surface area contributed by atoms with Crippen molar-refractivity contribution in [3.05, 3.63) is 23.8 Å². The summed E-state index contributed by atoms with van der Waals surface area (Å²) in [6, 6.07) is 5.58. The number of nitrogens with one attached hydrogen (secondary N) is 1. The van der Waals surface area contributed by atoms with Gasteiger partial charge in [-0.25, -0.2) is 4.79 Å². The second-order valence-corrected chi connectivity index (χ2v) is 4.72. The molecule has 3 rings (SSSR count). The largest absolute Gasteiger partial charge is 0.329 e. The fourth-order valence-electron chi connectivity index (χ4n) is 2.33. The van der Waals surface area contributed by atoms with Crippen LogP contribution in [-0.4, -0.2) is 28.3 Å². The molecule has 0 aliphatic carbocycles. The monoisotopic (exact) mass is 288 g/mol. The highest BCUT2D eigenvalue weighted by Crippen LogP contribution is 2.27. The lowest BCUT2D eigenvalue weighted by Gasteiger charge is -2.24. The van der Waals surface area contributed by atoms with Gasteiger partial charge < -0.3 is 0 Å². The second kappa shape index (κ2) is 5.95. The zero-order chi connectivity index (χ0) is 15.6. The molecule has 1 fully saturated rings. The third-order valence-electron chi connectivity index (χ3n) is 3.30. The number of aryl methyl sites for hydroxylation is 2. The third-order valence-corrected chi connectivity index (χ3v) is 3.30. The van der Waals surface area contributed by atoms with E-state index in [-0.39, 0.29) is 5.91 Å². The highest BCUT2D eigenvalue weighted by molar-refractivity contribution is 6.08. The lowest BCUT2D eigenvalue weighted by Crippen LogP contribution is -2.49. The molecule has 0 atom stereocenters. The molecule has 3 amide bonds. The van der Waals surface area contributed by atoms with Crippen molar-refractivity contribution in [1.82, 2.24) is 15.1 Å². The van der Waals surface area contributed by atoms with Crippen LogP contribution in [0.4, 0.5) is 10.6 Å². The molecular weight excluding hydrogens is 268 g/mol. The van der Waals surface area contributed by atoms with Crippen molar-refractivity contribution < 1.29 is 9.59 Å². The minimum Gasteiger partial charge on any atom is -0.278 e. The molecule has 0 unspecified atom stereocenters. The number of rotatable bonds is 1. The number of carbonyl (C=O) groups is 2. The number of hydrogen-bond donors (Lipinski definition) is 1. The van der Waals surface area contributed by atoms with E-state index in [0.29, 0.717) is 18.8 Å². The summed E-state index contributed by atoms with van der Waals surface area (Å²) in [5.74, 6) is 0.365. The van der Waals surface area contributed by atoms with Crippen LogP contribution < -0.4 is 10.2 Å². The number of anilines is 1. The number of aromatic nitrogens is 2. The van der Waals surface area contributed by atoms with Gasteiger partial charge in [-0.15, -0.1) is 0 Å². The van der Waals surface area contributed by atoms with Crippen molar-refractivity contribution in [1.29, 1.82) is 0 Å². The van der Waals surface area contributed by atoms with Crippen LogP contribution in [0.25, 0.3) is 10.9 Å². The van der Waals surface area contributed by atoms with E-state index in [1.54, 1.807) is 4.68 Å². The summed E-state index contributed by atoms with van der Waals surface area (Å²) >= 11 is 0. The van der Waals surface area contributed by atoms with Crippen LogP contribution in [-0.2, 0) is 11.8 Å². The van der Waals surface area contributed by atoms with Gasteiger partial charge >= 0.3 is 6.03 Å². The maximum absolute atomic E-state index is 11.9. The number of nitrogens with zero attached hydrogens (tertiary/aromatic N) is 3. The van der Waals surface area contributed by atoms with E-state index in [1.807, 2.05) is 46.0 Å². The van der Waals surface area contributed by atoms with Crippen LogP contribution in [0.15, 0.2) is 18.2 Å². The summed E-state index contributed by atoms with van der Waals surface area (Å²) in [6.07, 6.45) is 0.301. The number of urea groups is 1. The van der Waals surface area contributed by atoms with E-state index in [1.165, 1.54) is 4.90 Å². The smallest absolute Gasteiger partial charge is 0.278 e. The summed E-state index contributed by atoms with van der Waals surface area (Å²) in [5.41, 5.74) is 2.07. The van der Waals surface area contributed by atoms with Crippen LogP contribution in [0.5, 0.6) is 0 Å². The van der Waals surface area contributed by atoms with Crippen molar-refractivity contribution in [3.63, 3.8) is 0 Å². The number of fused-ring (bicyclic) bond motifs is 1. The lowest BCUT2D eigenvalue weighted by molar-refractivity contribution is -0.120. The van der Waals surface area contributed by atoms with Crippen molar-refractivity contribution in [2.24, 2.45) is 7.05 Å². The zero-order valence-electron chi connectivity index (χ0n) is 12.8. The molecular formula is C15H20N4O2. The molecule has 0 saturated carbocycles. The van der Waals surface area contributed by atoms with Gasteiger partial charge in [0.1, 0.15) is 0 Å². The van der Waals surface area contributed by atoms with E-state index >= 15 is 0 Å². The predicted molar refractivity (Wildman–Crippen MR) is 82.3 cm³/mol. The highest BCUT2D eigenvalue weighted by atomic mass is 16.2. The average molecular weight is 288 g/mol. The molecule has 1 aliphatic heterocycles. The molecule has 1 aliphatic rings. The normalized spacial score (nSPS) is 14.8. The van der Waals surface area contributed by atoms with Crippen LogP contribution in [0.1, 0.15) is 25.8 Å². The average Bonchev–Trinajstić information content (AvgIpc) is 2.77. The molecule has 6 heteroatoms. The molecule has 0 radical (unpaired) electrons. The van der Waals surface area contributed by atoms with Crippen molar-refractivity contribution in [3.8, 4) is 0 Å². The SMILES string of the molecule is CC.Cc1ccc2c(c1)c(N1CCC(=O)NC1=O)nn2C. The fourth-order valence-corrected chi connectivity index (χ4v) is 2.33. The van der Waals surface area contributed by atoms with Gasteiger partial charge in [0, 0.05) is 25.4 Å². The molecule has 0 bridgehead atoms. The summed E-state index contributed by atoms with van der Waals surface area (Å²) < 4.78 is 1.74. The molecule has 1 N–H and O–H groups in total. The number of benzene rings is 1. The Kier molecular flexibility index (Phi) is 4.26. The first-order chi connectivity index (χ1) is 10.1. The van der Waals surface area contributed by atoms with E-state index in [4.69, 9.17) is 0 Å². The van der Waals surface area contributed by atoms with Gasteiger partial charge in [-0.1, -0.05) is 25.5 Å². The summed E-state index contributed by atoms with van der Waals surface area (Å²) in [7, 11) is 1.84. The first kappa shape index (κ1) is 15.0. The molecule has 0 spiro atoms. The van der Waals surface area contributed by atoms with Crippen LogP contribution >= 0.6 is 0 Å². The van der Waals surface area contributed by atoms with E-state index in [9.17, 15) is 9.59 Å². The maximum Gasteiger partial charge on any atom is 0.329 e. The first-order valence-corrected chi connectivity index (χ1v) is 7.11. The maximum atomic E-state index is 11.9. The summed E-state index contributed by atoms with van der Waals surface area (Å²) in [5, 5.41) is 7.64. The van der Waals surface area contributed by atoms with Gasteiger partial charge in [0.15, 0.2) is 5.82 Å². The Balaban J connectivity index is 0.000000774. The molecule has 1 aromatic heterocycles. The van der Waals surface area contributed by atoms with E-state index in [0.717, 1.165) is 16.5 Å².